The van der Waals surface area contributed by atoms with E-state index in [4.69, 9.17) is 0 Å². The molecule has 3 heteroatoms. The van der Waals surface area contributed by atoms with Gasteiger partial charge in [-0.3, -0.25) is 0 Å². The SMILES string of the molecule is OC1=CC=C(C2CCNC2)CC1O. The summed E-state index contributed by atoms with van der Waals surface area (Å²) in [7, 11) is 0. The van der Waals surface area contributed by atoms with Gasteiger partial charge in [-0.1, -0.05) is 11.6 Å². The second-order valence-electron chi connectivity index (χ2n) is 3.74. The molecular formula is C10H15NO2. The monoisotopic (exact) mass is 181 g/mol. The van der Waals surface area contributed by atoms with Gasteiger partial charge in [-0.25, -0.2) is 0 Å². The Morgan fingerprint density at radius 3 is 2.85 bits per heavy atom. The van der Waals surface area contributed by atoms with E-state index in [1.54, 1.807) is 6.08 Å². The number of hydrogen-bond acceptors (Lipinski definition) is 3. The van der Waals surface area contributed by atoms with Crippen molar-refractivity contribution >= 4 is 0 Å². The number of hydrogen-bond donors (Lipinski definition) is 3. The van der Waals surface area contributed by atoms with E-state index in [0.29, 0.717) is 12.3 Å². The van der Waals surface area contributed by atoms with Gasteiger partial charge >= 0.3 is 0 Å². The van der Waals surface area contributed by atoms with Gasteiger partial charge < -0.3 is 15.5 Å². The van der Waals surface area contributed by atoms with E-state index >= 15 is 0 Å². The second-order valence-corrected chi connectivity index (χ2v) is 3.74. The van der Waals surface area contributed by atoms with Crippen LogP contribution in [0.5, 0.6) is 0 Å². The normalized spacial score (nSPS) is 34.2. The van der Waals surface area contributed by atoms with E-state index < -0.39 is 6.10 Å². The molecule has 2 unspecified atom stereocenters. The van der Waals surface area contributed by atoms with Gasteiger partial charge in [0.05, 0.1) is 0 Å². The average molecular weight is 181 g/mol. The highest BCUT2D eigenvalue weighted by molar-refractivity contribution is 5.26. The number of allylic oxidation sites excluding steroid dienone is 2. The first-order chi connectivity index (χ1) is 6.27. The Hall–Kier alpha value is -0.800. The van der Waals surface area contributed by atoms with Gasteiger partial charge in [-0.05, 0) is 25.0 Å². The van der Waals surface area contributed by atoms with Crippen LogP contribution < -0.4 is 5.32 Å². The molecule has 1 heterocycles. The highest BCUT2D eigenvalue weighted by Gasteiger charge is 2.24. The Kier molecular flexibility index (Phi) is 2.38. The lowest BCUT2D eigenvalue weighted by Gasteiger charge is -2.20. The van der Waals surface area contributed by atoms with Gasteiger partial charge in [0.15, 0.2) is 0 Å². The van der Waals surface area contributed by atoms with Crippen LogP contribution in [0.15, 0.2) is 23.5 Å². The van der Waals surface area contributed by atoms with Crippen LogP contribution in [-0.2, 0) is 0 Å². The lowest BCUT2D eigenvalue weighted by molar-refractivity contribution is 0.148. The topological polar surface area (TPSA) is 52.5 Å². The molecule has 0 amide bonds. The summed E-state index contributed by atoms with van der Waals surface area (Å²) in [5.74, 6) is 0.647. The third-order valence-electron chi connectivity index (χ3n) is 2.82. The molecule has 0 radical (unpaired) electrons. The van der Waals surface area contributed by atoms with Crippen molar-refractivity contribution in [3.05, 3.63) is 23.5 Å². The minimum atomic E-state index is -0.680. The molecule has 0 bridgehead atoms. The van der Waals surface area contributed by atoms with Crippen molar-refractivity contribution in [2.45, 2.75) is 18.9 Å². The molecule has 1 aliphatic carbocycles. The van der Waals surface area contributed by atoms with Gasteiger partial charge in [-0.15, -0.1) is 0 Å². The first kappa shape index (κ1) is 8.78. The number of aliphatic hydroxyl groups is 2. The molecule has 1 aliphatic heterocycles. The quantitative estimate of drug-likeness (QED) is 0.559. The molecule has 0 aromatic carbocycles. The van der Waals surface area contributed by atoms with Gasteiger partial charge in [0, 0.05) is 13.0 Å². The zero-order valence-corrected chi connectivity index (χ0v) is 7.53. The molecule has 0 saturated carbocycles. The molecule has 72 valence electrons. The summed E-state index contributed by atoms with van der Waals surface area (Å²) in [6.07, 6.45) is 4.62. The highest BCUT2D eigenvalue weighted by Crippen LogP contribution is 2.27. The van der Waals surface area contributed by atoms with Gasteiger partial charge in [0.2, 0.25) is 0 Å². The standard InChI is InChI=1S/C10H15NO2/c12-9-2-1-7(5-10(9)13)8-3-4-11-6-8/h1-2,8,10-13H,3-6H2. The van der Waals surface area contributed by atoms with Crippen molar-refractivity contribution in [2.75, 3.05) is 13.1 Å². The van der Waals surface area contributed by atoms with Gasteiger partial charge in [-0.2, -0.15) is 0 Å². The zero-order chi connectivity index (χ0) is 9.26. The third-order valence-corrected chi connectivity index (χ3v) is 2.82. The predicted molar refractivity (Wildman–Crippen MR) is 50.4 cm³/mol. The van der Waals surface area contributed by atoms with Crippen molar-refractivity contribution in [3.8, 4) is 0 Å². The summed E-state index contributed by atoms with van der Waals surface area (Å²) in [4.78, 5) is 0. The summed E-state index contributed by atoms with van der Waals surface area (Å²) >= 11 is 0. The fraction of sp³-hybridized carbons (Fsp3) is 0.600. The fourth-order valence-corrected chi connectivity index (χ4v) is 1.97. The van der Waals surface area contributed by atoms with E-state index in [0.717, 1.165) is 19.5 Å². The molecular weight excluding hydrogens is 166 g/mol. The largest absolute Gasteiger partial charge is 0.510 e. The summed E-state index contributed by atoms with van der Waals surface area (Å²) < 4.78 is 0. The Balaban J connectivity index is 2.08. The van der Waals surface area contributed by atoms with Crippen LogP contribution in [0.2, 0.25) is 0 Å². The fourth-order valence-electron chi connectivity index (χ4n) is 1.97. The smallest absolute Gasteiger partial charge is 0.121 e. The maximum atomic E-state index is 9.43. The van der Waals surface area contributed by atoms with Crippen LogP contribution in [0.25, 0.3) is 0 Å². The molecule has 1 fully saturated rings. The zero-order valence-electron chi connectivity index (χ0n) is 7.53. The van der Waals surface area contributed by atoms with E-state index in [2.05, 4.69) is 5.32 Å². The Morgan fingerprint density at radius 1 is 1.38 bits per heavy atom. The maximum absolute atomic E-state index is 9.43. The van der Waals surface area contributed by atoms with Crippen molar-refractivity contribution in [2.24, 2.45) is 5.92 Å². The van der Waals surface area contributed by atoms with E-state index in [1.165, 1.54) is 5.57 Å². The third kappa shape index (κ3) is 1.76. The van der Waals surface area contributed by atoms with Crippen LogP contribution in [0.4, 0.5) is 0 Å². The van der Waals surface area contributed by atoms with Crippen molar-refractivity contribution in [1.82, 2.24) is 5.32 Å². The first-order valence-corrected chi connectivity index (χ1v) is 4.76. The summed E-state index contributed by atoms with van der Waals surface area (Å²) in [6.45, 7) is 2.07. The van der Waals surface area contributed by atoms with E-state index in [1.807, 2.05) is 6.08 Å². The van der Waals surface area contributed by atoms with E-state index in [9.17, 15) is 10.2 Å². The Labute approximate surface area is 77.8 Å². The second kappa shape index (κ2) is 3.52. The van der Waals surface area contributed by atoms with Crippen LogP contribution in [-0.4, -0.2) is 29.4 Å². The molecule has 0 aromatic rings. The number of nitrogens with one attached hydrogen (secondary N) is 1. The molecule has 2 aliphatic rings. The van der Waals surface area contributed by atoms with Crippen LogP contribution in [0.1, 0.15) is 12.8 Å². The maximum Gasteiger partial charge on any atom is 0.121 e. The molecule has 2 rings (SSSR count). The van der Waals surface area contributed by atoms with Crippen LogP contribution in [0, 0.1) is 5.92 Å². The van der Waals surface area contributed by atoms with Crippen molar-refractivity contribution in [3.63, 3.8) is 0 Å². The summed E-state index contributed by atoms with van der Waals surface area (Å²) in [5, 5.41) is 21.9. The predicted octanol–water partition coefficient (Wildman–Crippen LogP) is 0.729. The molecule has 3 N–H and O–H groups in total. The Morgan fingerprint density at radius 2 is 2.23 bits per heavy atom. The van der Waals surface area contributed by atoms with Gasteiger partial charge in [0.1, 0.15) is 11.9 Å². The highest BCUT2D eigenvalue weighted by atomic mass is 16.3. The molecule has 2 atom stereocenters. The van der Waals surface area contributed by atoms with Gasteiger partial charge in [0.25, 0.3) is 0 Å². The summed E-state index contributed by atoms with van der Waals surface area (Å²) in [5.41, 5.74) is 1.26. The molecule has 0 spiro atoms. The molecule has 3 nitrogen and oxygen atoms in total. The van der Waals surface area contributed by atoms with Crippen molar-refractivity contribution < 1.29 is 10.2 Å². The molecule has 0 aromatic heterocycles. The minimum Gasteiger partial charge on any atom is -0.510 e. The van der Waals surface area contributed by atoms with Crippen LogP contribution >= 0.6 is 0 Å². The minimum absolute atomic E-state index is 0.0923. The van der Waals surface area contributed by atoms with Crippen molar-refractivity contribution in [1.29, 1.82) is 0 Å². The lowest BCUT2D eigenvalue weighted by atomic mass is 9.89. The number of aliphatic hydroxyl groups excluding tert-OH is 2. The van der Waals surface area contributed by atoms with E-state index in [-0.39, 0.29) is 5.76 Å². The number of rotatable bonds is 1. The Bertz CT molecular complexity index is 252. The first-order valence-electron chi connectivity index (χ1n) is 4.76. The average Bonchev–Trinajstić information content (AvgIpc) is 2.62. The molecule has 13 heavy (non-hydrogen) atoms. The lowest BCUT2D eigenvalue weighted by Crippen LogP contribution is -2.19. The molecule has 1 saturated heterocycles. The van der Waals surface area contributed by atoms with Crippen LogP contribution in [0.3, 0.4) is 0 Å². The summed E-state index contributed by atoms with van der Waals surface area (Å²) in [6, 6.07) is 0.